The van der Waals surface area contributed by atoms with Crippen LogP contribution in [-0.2, 0) is 0 Å². The smallest absolute Gasteiger partial charge is 0.145 e. The molecule has 0 amide bonds. The standard InChI is InChI=1S/C50H34N4/c1-4-15-35(16-5-1)41-32-42(36-26-28-38(29-27-36)49-48(37-17-6-2-7-18-37)52-47-25-12-13-30-53(47)49)34-43(33-41)39-19-14-20-40(31-39)50-51-45-23-10-11-24-46(45)54(50)44-21-8-3-9-22-44/h1-34H. The Kier molecular flexibility index (Phi) is 7.77. The Hall–Kier alpha value is -7.30. The Morgan fingerprint density at radius 1 is 0.352 bits per heavy atom. The molecule has 0 bridgehead atoms. The fourth-order valence-electron chi connectivity index (χ4n) is 7.54. The highest BCUT2D eigenvalue weighted by Gasteiger charge is 2.18. The second-order valence-corrected chi connectivity index (χ2v) is 13.5. The van der Waals surface area contributed by atoms with Gasteiger partial charge in [-0.1, -0.05) is 140 Å². The van der Waals surface area contributed by atoms with E-state index in [2.05, 4.69) is 197 Å². The Balaban J connectivity index is 1.09. The van der Waals surface area contributed by atoms with Crippen molar-refractivity contribution in [3.8, 4) is 73.0 Å². The third kappa shape index (κ3) is 5.67. The Morgan fingerprint density at radius 2 is 0.889 bits per heavy atom. The summed E-state index contributed by atoms with van der Waals surface area (Å²) in [4.78, 5) is 10.2. The lowest BCUT2D eigenvalue weighted by Gasteiger charge is -2.14. The molecule has 0 spiro atoms. The van der Waals surface area contributed by atoms with E-state index in [-0.39, 0.29) is 0 Å². The van der Waals surface area contributed by atoms with Gasteiger partial charge in [-0.25, -0.2) is 9.97 Å². The van der Waals surface area contributed by atoms with Crippen LogP contribution in [0.4, 0.5) is 0 Å². The van der Waals surface area contributed by atoms with Crippen molar-refractivity contribution in [1.82, 2.24) is 18.9 Å². The van der Waals surface area contributed by atoms with Crippen LogP contribution < -0.4 is 0 Å². The molecule has 7 aromatic carbocycles. The Bertz CT molecular complexity index is 2910. The maximum absolute atomic E-state index is 5.15. The fraction of sp³-hybridized carbons (Fsp3) is 0. The highest BCUT2D eigenvalue weighted by atomic mass is 15.1. The minimum absolute atomic E-state index is 0.918. The average molecular weight is 691 g/mol. The molecule has 3 heterocycles. The molecular formula is C50H34N4. The van der Waals surface area contributed by atoms with Crippen molar-refractivity contribution in [3.63, 3.8) is 0 Å². The van der Waals surface area contributed by atoms with E-state index in [1.54, 1.807) is 0 Å². The summed E-state index contributed by atoms with van der Waals surface area (Å²) in [6.45, 7) is 0. The quantitative estimate of drug-likeness (QED) is 0.167. The molecule has 0 aliphatic rings. The molecule has 0 saturated carbocycles. The molecule has 3 aromatic heterocycles. The first-order valence-electron chi connectivity index (χ1n) is 18.2. The van der Waals surface area contributed by atoms with Crippen LogP contribution >= 0.6 is 0 Å². The van der Waals surface area contributed by atoms with Crippen LogP contribution in [0.1, 0.15) is 0 Å². The topological polar surface area (TPSA) is 35.1 Å². The molecule has 0 radical (unpaired) electrons. The van der Waals surface area contributed by atoms with E-state index >= 15 is 0 Å². The van der Waals surface area contributed by atoms with Gasteiger partial charge >= 0.3 is 0 Å². The second kappa shape index (κ2) is 13.4. The van der Waals surface area contributed by atoms with Crippen molar-refractivity contribution in [2.75, 3.05) is 0 Å². The fourth-order valence-corrected chi connectivity index (χ4v) is 7.54. The molecule has 10 aromatic rings. The molecule has 0 aliphatic carbocycles. The van der Waals surface area contributed by atoms with Crippen molar-refractivity contribution in [2.45, 2.75) is 0 Å². The largest absolute Gasteiger partial charge is 0.299 e. The highest BCUT2D eigenvalue weighted by molar-refractivity contribution is 5.87. The number of hydrogen-bond donors (Lipinski definition) is 0. The lowest BCUT2D eigenvalue weighted by molar-refractivity contribution is 1.10. The average Bonchev–Trinajstić information content (AvgIpc) is 3.84. The molecule has 54 heavy (non-hydrogen) atoms. The summed E-state index contributed by atoms with van der Waals surface area (Å²) in [5, 5.41) is 0. The number of para-hydroxylation sites is 3. The van der Waals surface area contributed by atoms with Crippen LogP contribution in [0.5, 0.6) is 0 Å². The van der Waals surface area contributed by atoms with Crippen LogP contribution in [0.25, 0.3) is 89.7 Å². The molecule has 4 nitrogen and oxygen atoms in total. The molecule has 10 rings (SSSR count). The van der Waals surface area contributed by atoms with Crippen LogP contribution in [0.3, 0.4) is 0 Å². The van der Waals surface area contributed by atoms with Gasteiger partial charge in [0.25, 0.3) is 0 Å². The van der Waals surface area contributed by atoms with E-state index in [0.29, 0.717) is 0 Å². The van der Waals surface area contributed by atoms with Gasteiger partial charge in [0.05, 0.1) is 22.4 Å². The van der Waals surface area contributed by atoms with E-state index in [9.17, 15) is 0 Å². The van der Waals surface area contributed by atoms with Crippen molar-refractivity contribution in [1.29, 1.82) is 0 Å². The number of imidazole rings is 2. The van der Waals surface area contributed by atoms with Crippen LogP contribution in [0.2, 0.25) is 0 Å². The normalized spacial score (nSPS) is 11.3. The lowest BCUT2D eigenvalue weighted by Crippen LogP contribution is -1.97. The summed E-state index contributed by atoms with van der Waals surface area (Å²) in [7, 11) is 0. The van der Waals surface area contributed by atoms with Crippen LogP contribution in [0.15, 0.2) is 206 Å². The second-order valence-electron chi connectivity index (χ2n) is 13.5. The van der Waals surface area contributed by atoms with Crippen molar-refractivity contribution in [3.05, 3.63) is 206 Å². The van der Waals surface area contributed by atoms with E-state index in [4.69, 9.17) is 9.97 Å². The number of aromatic nitrogens is 4. The van der Waals surface area contributed by atoms with E-state index in [0.717, 1.165) is 78.5 Å². The third-order valence-corrected chi connectivity index (χ3v) is 10.1. The molecular weight excluding hydrogens is 657 g/mol. The number of nitrogens with zero attached hydrogens (tertiary/aromatic N) is 4. The van der Waals surface area contributed by atoms with Gasteiger partial charge in [-0.3, -0.25) is 8.97 Å². The van der Waals surface area contributed by atoms with Gasteiger partial charge in [0.1, 0.15) is 11.5 Å². The number of hydrogen-bond acceptors (Lipinski definition) is 2. The predicted molar refractivity (Wildman–Crippen MR) is 222 cm³/mol. The Morgan fingerprint density at radius 3 is 1.63 bits per heavy atom. The molecule has 0 N–H and O–H groups in total. The monoisotopic (exact) mass is 690 g/mol. The van der Waals surface area contributed by atoms with Crippen LogP contribution in [-0.4, -0.2) is 18.9 Å². The van der Waals surface area contributed by atoms with E-state index in [1.165, 1.54) is 11.1 Å². The van der Waals surface area contributed by atoms with Gasteiger partial charge in [-0.2, -0.15) is 0 Å². The first-order chi connectivity index (χ1) is 26.8. The summed E-state index contributed by atoms with van der Waals surface area (Å²) < 4.78 is 4.44. The van der Waals surface area contributed by atoms with Gasteiger partial charge < -0.3 is 0 Å². The maximum Gasteiger partial charge on any atom is 0.145 e. The van der Waals surface area contributed by atoms with Gasteiger partial charge in [-0.05, 0) is 94.0 Å². The van der Waals surface area contributed by atoms with E-state index < -0.39 is 0 Å². The first kappa shape index (κ1) is 31.4. The third-order valence-electron chi connectivity index (χ3n) is 10.1. The van der Waals surface area contributed by atoms with Crippen molar-refractivity contribution >= 4 is 16.7 Å². The molecule has 0 saturated heterocycles. The summed E-state index contributed by atoms with van der Waals surface area (Å²) in [6, 6.07) is 70.7. The van der Waals surface area contributed by atoms with E-state index in [1.807, 2.05) is 18.2 Å². The number of rotatable bonds is 7. The minimum Gasteiger partial charge on any atom is -0.299 e. The lowest BCUT2D eigenvalue weighted by atomic mass is 9.92. The number of pyridine rings is 1. The molecule has 4 heteroatoms. The number of benzene rings is 7. The predicted octanol–water partition coefficient (Wildman–Crippen LogP) is 12.7. The SMILES string of the molecule is c1ccc(-c2cc(-c3ccc(-c4c(-c5ccccc5)nc5ccccn45)cc3)cc(-c3cccc(-c4nc5ccccc5n4-c4ccccc4)c3)c2)cc1. The zero-order valence-electron chi connectivity index (χ0n) is 29.4. The summed E-state index contributed by atoms with van der Waals surface area (Å²) in [6.07, 6.45) is 2.09. The summed E-state index contributed by atoms with van der Waals surface area (Å²) in [5.41, 5.74) is 16.3. The molecule has 0 atom stereocenters. The van der Waals surface area contributed by atoms with Crippen molar-refractivity contribution in [2.24, 2.45) is 0 Å². The van der Waals surface area contributed by atoms with Gasteiger partial charge in [0, 0.05) is 28.6 Å². The molecule has 0 unspecified atom stereocenters. The summed E-state index contributed by atoms with van der Waals surface area (Å²) >= 11 is 0. The molecule has 0 aliphatic heterocycles. The van der Waals surface area contributed by atoms with Gasteiger partial charge in [0.2, 0.25) is 0 Å². The Labute approximate surface area is 313 Å². The zero-order chi connectivity index (χ0) is 35.8. The maximum atomic E-state index is 5.15. The minimum atomic E-state index is 0.918. The van der Waals surface area contributed by atoms with Gasteiger partial charge in [0.15, 0.2) is 0 Å². The molecule has 0 fully saturated rings. The van der Waals surface area contributed by atoms with Crippen LogP contribution in [0, 0.1) is 0 Å². The number of fused-ring (bicyclic) bond motifs is 2. The highest BCUT2D eigenvalue weighted by Crippen LogP contribution is 2.38. The zero-order valence-corrected chi connectivity index (χ0v) is 29.4. The first-order valence-corrected chi connectivity index (χ1v) is 18.2. The van der Waals surface area contributed by atoms with Crippen molar-refractivity contribution < 1.29 is 0 Å². The van der Waals surface area contributed by atoms with Gasteiger partial charge in [-0.15, -0.1) is 0 Å². The summed E-state index contributed by atoms with van der Waals surface area (Å²) in [5.74, 6) is 0.918. The molecule has 254 valence electrons.